The lowest BCUT2D eigenvalue weighted by Gasteiger charge is -2.33. The predicted molar refractivity (Wildman–Crippen MR) is 90.0 cm³/mol. The van der Waals surface area contributed by atoms with E-state index >= 15 is 0 Å². The molecule has 0 saturated heterocycles. The van der Waals surface area contributed by atoms with Crippen molar-refractivity contribution in [3.05, 3.63) is 0 Å². The van der Waals surface area contributed by atoms with Gasteiger partial charge in [0.1, 0.15) is 0 Å². The molecule has 0 bridgehead atoms. The molecule has 124 valence electrons. The molecule has 0 aromatic carbocycles. The van der Waals surface area contributed by atoms with Crippen LogP contribution in [0.4, 0.5) is 0 Å². The molecule has 1 rings (SSSR count). The monoisotopic (exact) mass is 296 g/mol. The van der Waals surface area contributed by atoms with Crippen molar-refractivity contribution < 1.29 is 4.79 Å². The van der Waals surface area contributed by atoms with Crippen LogP contribution in [0.15, 0.2) is 0 Å². The maximum atomic E-state index is 12.2. The topological polar surface area (TPSA) is 55.1 Å². The fourth-order valence-corrected chi connectivity index (χ4v) is 3.88. The first-order chi connectivity index (χ1) is 9.72. The van der Waals surface area contributed by atoms with E-state index in [0.29, 0.717) is 24.9 Å². The third-order valence-electron chi connectivity index (χ3n) is 5.00. The fourth-order valence-electron chi connectivity index (χ4n) is 3.88. The van der Waals surface area contributed by atoms with E-state index in [1.165, 1.54) is 6.42 Å². The molecule has 0 aliphatic heterocycles. The van der Waals surface area contributed by atoms with Gasteiger partial charge in [-0.2, -0.15) is 0 Å². The normalized spacial score (nSPS) is 28.2. The molecule has 1 amide bonds. The number of amides is 1. The molecule has 0 aromatic heterocycles. The number of nitrogens with two attached hydrogens (primary N) is 1. The number of nitrogens with one attached hydrogen (secondary N) is 1. The van der Waals surface area contributed by atoms with E-state index in [1.54, 1.807) is 0 Å². The molecular formula is C18H36N2O. The van der Waals surface area contributed by atoms with Crippen molar-refractivity contribution in [2.24, 2.45) is 28.9 Å². The van der Waals surface area contributed by atoms with Crippen LogP contribution in [0.5, 0.6) is 0 Å². The Labute approximate surface area is 131 Å². The summed E-state index contributed by atoms with van der Waals surface area (Å²) in [7, 11) is 0. The molecule has 3 heteroatoms. The Morgan fingerprint density at radius 3 is 2.19 bits per heavy atom. The molecule has 3 unspecified atom stereocenters. The van der Waals surface area contributed by atoms with Gasteiger partial charge in [-0.05, 0) is 61.8 Å². The summed E-state index contributed by atoms with van der Waals surface area (Å²) >= 11 is 0. The minimum absolute atomic E-state index is 0.229. The van der Waals surface area contributed by atoms with Crippen LogP contribution in [-0.4, -0.2) is 18.5 Å². The molecule has 1 aliphatic carbocycles. The molecule has 1 saturated carbocycles. The highest BCUT2D eigenvalue weighted by Gasteiger charge is 2.27. The lowest BCUT2D eigenvalue weighted by molar-refractivity contribution is -0.122. The quantitative estimate of drug-likeness (QED) is 0.785. The average Bonchev–Trinajstić information content (AvgIpc) is 2.31. The highest BCUT2D eigenvalue weighted by molar-refractivity contribution is 5.76. The Bertz CT molecular complexity index is 312. The molecule has 3 nitrogen and oxygen atoms in total. The SMILES string of the molecule is CC1CC(C)CC(NC(=O)CCC(CCN)C(C)(C)C)C1. The first-order valence-corrected chi connectivity index (χ1v) is 8.71. The van der Waals surface area contributed by atoms with Gasteiger partial charge in [0.25, 0.3) is 0 Å². The van der Waals surface area contributed by atoms with Crippen LogP contribution < -0.4 is 11.1 Å². The number of hydrogen-bond donors (Lipinski definition) is 2. The molecule has 1 fully saturated rings. The van der Waals surface area contributed by atoms with Gasteiger partial charge in [-0.15, -0.1) is 0 Å². The minimum Gasteiger partial charge on any atom is -0.353 e. The van der Waals surface area contributed by atoms with Gasteiger partial charge in [-0.1, -0.05) is 34.6 Å². The predicted octanol–water partition coefficient (Wildman–Crippen LogP) is 3.72. The smallest absolute Gasteiger partial charge is 0.220 e. The van der Waals surface area contributed by atoms with E-state index in [0.717, 1.165) is 37.5 Å². The van der Waals surface area contributed by atoms with E-state index in [-0.39, 0.29) is 11.3 Å². The highest BCUT2D eigenvalue weighted by Crippen LogP contribution is 2.32. The Kier molecular flexibility index (Phi) is 7.19. The van der Waals surface area contributed by atoms with Gasteiger partial charge in [0.15, 0.2) is 0 Å². The van der Waals surface area contributed by atoms with Crippen molar-refractivity contribution in [1.82, 2.24) is 5.32 Å². The van der Waals surface area contributed by atoms with E-state index in [2.05, 4.69) is 39.9 Å². The second-order valence-corrected chi connectivity index (χ2v) is 8.36. The molecule has 0 radical (unpaired) electrons. The summed E-state index contributed by atoms with van der Waals surface area (Å²) in [4.78, 5) is 12.2. The van der Waals surface area contributed by atoms with Crippen LogP contribution in [0.2, 0.25) is 0 Å². The average molecular weight is 296 g/mol. The van der Waals surface area contributed by atoms with Crippen LogP contribution in [0.1, 0.15) is 73.1 Å². The van der Waals surface area contributed by atoms with Gasteiger partial charge in [0, 0.05) is 12.5 Å². The largest absolute Gasteiger partial charge is 0.353 e. The van der Waals surface area contributed by atoms with Gasteiger partial charge in [0.05, 0.1) is 0 Å². The van der Waals surface area contributed by atoms with Crippen LogP contribution in [0.3, 0.4) is 0 Å². The minimum atomic E-state index is 0.229. The zero-order valence-corrected chi connectivity index (χ0v) is 14.7. The number of carbonyl (C=O) groups is 1. The van der Waals surface area contributed by atoms with E-state index in [4.69, 9.17) is 5.73 Å². The van der Waals surface area contributed by atoms with Crippen LogP contribution in [0.25, 0.3) is 0 Å². The maximum Gasteiger partial charge on any atom is 0.220 e. The first-order valence-electron chi connectivity index (χ1n) is 8.71. The lowest BCUT2D eigenvalue weighted by Crippen LogP contribution is -2.40. The first kappa shape index (κ1) is 18.5. The van der Waals surface area contributed by atoms with Crippen LogP contribution >= 0.6 is 0 Å². The highest BCUT2D eigenvalue weighted by atomic mass is 16.1. The van der Waals surface area contributed by atoms with Crippen LogP contribution in [-0.2, 0) is 4.79 Å². The summed E-state index contributed by atoms with van der Waals surface area (Å²) in [5.74, 6) is 2.22. The van der Waals surface area contributed by atoms with Gasteiger partial charge in [-0.25, -0.2) is 0 Å². The summed E-state index contributed by atoms with van der Waals surface area (Å²) < 4.78 is 0. The Morgan fingerprint density at radius 1 is 1.14 bits per heavy atom. The summed E-state index contributed by atoms with van der Waals surface area (Å²) in [6.45, 7) is 12.0. The van der Waals surface area contributed by atoms with Crippen molar-refractivity contribution >= 4 is 5.91 Å². The molecule has 0 heterocycles. The number of carbonyl (C=O) groups excluding carboxylic acids is 1. The van der Waals surface area contributed by atoms with Gasteiger partial charge in [0.2, 0.25) is 5.91 Å². The van der Waals surface area contributed by atoms with Gasteiger partial charge < -0.3 is 11.1 Å². The summed E-state index contributed by atoms with van der Waals surface area (Å²) in [5, 5.41) is 3.26. The van der Waals surface area contributed by atoms with Crippen molar-refractivity contribution in [1.29, 1.82) is 0 Å². The second-order valence-electron chi connectivity index (χ2n) is 8.36. The van der Waals surface area contributed by atoms with Gasteiger partial charge >= 0.3 is 0 Å². The summed E-state index contributed by atoms with van der Waals surface area (Å²) in [5.41, 5.74) is 5.94. The molecular weight excluding hydrogens is 260 g/mol. The van der Waals surface area contributed by atoms with E-state index in [9.17, 15) is 4.79 Å². The van der Waals surface area contributed by atoms with Crippen molar-refractivity contribution in [2.75, 3.05) is 6.54 Å². The number of rotatable bonds is 6. The second kappa shape index (κ2) is 8.17. The van der Waals surface area contributed by atoms with E-state index < -0.39 is 0 Å². The van der Waals surface area contributed by atoms with Crippen molar-refractivity contribution in [3.8, 4) is 0 Å². The van der Waals surface area contributed by atoms with Gasteiger partial charge in [-0.3, -0.25) is 4.79 Å². The molecule has 0 aromatic rings. The molecule has 21 heavy (non-hydrogen) atoms. The Balaban J connectivity index is 2.39. The molecule has 0 spiro atoms. The third-order valence-corrected chi connectivity index (χ3v) is 5.00. The van der Waals surface area contributed by atoms with Crippen molar-refractivity contribution in [2.45, 2.75) is 79.2 Å². The van der Waals surface area contributed by atoms with Crippen molar-refractivity contribution in [3.63, 3.8) is 0 Å². The Hall–Kier alpha value is -0.570. The summed E-state index contributed by atoms with van der Waals surface area (Å²) in [6.07, 6.45) is 6.18. The fraction of sp³-hybridized carbons (Fsp3) is 0.944. The standard InChI is InChI=1S/C18H36N2O/c1-13-10-14(2)12-16(11-13)20-17(21)7-6-15(8-9-19)18(3,4)5/h13-16H,6-12,19H2,1-5H3,(H,20,21). The lowest BCUT2D eigenvalue weighted by atomic mass is 9.76. The zero-order chi connectivity index (χ0) is 16.0. The summed E-state index contributed by atoms with van der Waals surface area (Å²) in [6, 6.07) is 0.388. The van der Waals surface area contributed by atoms with Crippen LogP contribution in [0, 0.1) is 23.2 Å². The third kappa shape index (κ3) is 6.82. The number of hydrogen-bond acceptors (Lipinski definition) is 2. The Morgan fingerprint density at radius 2 is 1.71 bits per heavy atom. The molecule has 3 N–H and O–H groups in total. The van der Waals surface area contributed by atoms with E-state index in [1.807, 2.05) is 0 Å². The zero-order valence-electron chi connectivity index (χ0n) is 14.7. The molecule has 3 atom stereocenters. The molecule has 1 aliphatic rings. The maximum absolute atomic E-state index is 12.2.